The summed E-state index contributed by atoms with van der Waals surface area (Å²) in [5.74, 6) is -1.82. The average Bonchev–Trinajstić information content (AvgIpc) is 3.19. The summed E-state index contributed by atoms with van der Waals surface area (Å²) in [6.45, 7) is 1.50. The first-order valence-corrected chi connectivity index (χ1v) is 11.6. The quantitative estimate of drug-likeness (QED) is 0.435. The van der Waals surface area contributed by atoms with Crippen LogP contribution in [0.1, 0.15) is 36.0 Å². The number of alkyl carbamates (subject to hydrolysis) is 1. The molecule has 0 saturated heterocycles. The number of aliphatic carboxylic acids is 1. The number of rotatable bonds is 9. The first kappa shape index (κ1) is 24.0. The number of fused-ring (bicyclic) bond motifs is 3. The van der Waals surface area contributed by atoms with Crippen LogP contribution in [0.15, 0.2) is 78.9 Å². The molecule has 7 heteroatoms. The van der Waals surface area contributed by atoms with Crippen molar-refractivity contribution in [1.82, 2.24) is 10.6 Å². The molecule has 180 valence electrons. The van der Waals surface area contributed by atoms with Crippen molar-refractivity contribution in [3.05, 3.63) is 95.6 Å². The molecule has 2 amide bonds. The Kier molecular flexibility index (Phi) is 7.45. The molecule has 2 atom stereocenters. The second-order valence-electron chi connectivity index (χ2n) is 8.62. The van der Waals surface area contributed by atoms with Crippen LogP contribution in [0.3, 0.4) is 0 Å². The third-order valence-corrected chi connectivity index (χ3v) is 6.25. The van der Waals surface area contributed by atoms with Crippen molar-refractivity contribution >= 4 is 18.0 Å². The van der Waals surface area contributed by atoms with Crippen LogP contribution in [0.25, 0.3) is 11.1 Å². The number of aryl methyl sites for hydroxylation is 1. The van der Waals surface area contributed by atoms with E-state index in [0.717, 1.165) is 27.8 Å². The van der Waals surface area contributed by atoms with Gasteiger partial charge in [-0.05, 0) is 47.6 Å². The molecule has 0 radical (unpaired) electrons. The molecule has 3 aromatic rings. The minimum atomic E-state index is -1.15. The predicted octanol–water partition coefficient (Wildman–Crippen LogP) is 4.12. The lowest BCUT2D eigenvalue weighted by Gasteiger charge is -2.21. The Morgan fingerprint density at radius 3 is 2.03 bits per heavy atom. The van der Waals surface area contributed by atoms with E-state index < -0.39 is 30.1 Å². The summed E-state index contributed by atoms with van der Waals surface area (Å²) in [5, 5.41) is 14.2. The molecule has 0 aromatic heterocycles. The van der Waals surface area contributed by atoms with Crippen molar-refractivity contribution < 1.29 is 24.2 Å². The number of ether oxygens (including phenoxy) is 1. The number of carbonyl (C=O) groups is 3. The van der Waals surface area contributed by atoms with Crippen LogP contribution < -0.4 is 10.6 Å². The third kappa shape index (κ3) is 5.69. The zero-order chi connectivity index (χ0) is 24.8. The summed E-state index contributed by atoms with van der Waals surface area (Å²) in [6.07, 6.45) is 0.110. The molecule has 35 heavy (non-hydrogen) atoms. The lowest BCUT2D eigenvalue weighted by molar-refractivity contribution is -0.141. The highest BCUT2D eigenvalue weighted by molar-refractivity contribution is 5.89. The highest BCUT2D eigenvalue weighted by Crippen LogP contribution is 2.44. The van der Waals surface area contributed by atoms with Crippen molar-refractivity contribution in [3.63, 3.8) is 0 Å². The van der Waals surface area contributed by atoms with E-state index in [1.165, 1.54) is 6.92 Å². The van der Waals surface area contributed by atoms with Gasteiger partial charge in [-0.25, -0.2) is 4.79 Å². The van der Waals surface area contributed by atoms with E-state index in [0.29, 0.717) is 12.8 Å². The average molecular weight is 473 g/mol. The number of nitrogens with one attached hydrogen (secondary N) is 2. The van der Waals surface area contributed by atoms with E-state index in [9.17, 15) is 14.4 Å². The number of carboxylic acids is 1. The van der Waals surface area contributed by atoms with Crippen LogP contribution in [0.4, 0.5) is 4.79 Å². The van der Waals surface area contributed by atoms with Gasteiger partial charge >= 0.3 is 12.1 Å². The fourth-order valence-corrected chi connectivity index (χ4v) is 4.38. The zero-order valence-electron chi connectivity index (χ0n) is 19.4. The van der Waals surface area contributed by atoms with Crippen LogP contribution in [-0.4, -0.2) is 41.8 Å². The number of hydrogen-bond acceptors (Lipinski definition) is 4. The Morgan fingerprint density at radius 1 is 0.857 bits per heavy atom. The summed E-state index contributed by atoms with van der Waals surface area (Å²) in [5.41, 5.74) is 5.44. The fraction of sp³-hybridized carbons (Fsp3) is 0.250. The van der Waals surface area contributed by atoms with Gasteiger partial charge in [0.1, 0.15) is 18.7 Å². The number of carboxylic acid groups (broad SMARTS) is 1. The fourth-order valence-electron chi connectivity index (χ4n) is 4.38. The molecule has 0 saturated carbocycles. The van der Waals surface area contributed by atoms with Crippen LogP contribution >= 0.6 is 0 Å². The molecular formula is C28H28N2O5. The van der Waals surface area contributed by atoms with Gasteiger partial charge in [-0.2, -0.15) is 0 Å². The van der Waals surface area contributed by atoms with E-state index >= 15 is 0 Å². The van der Waals surface area contributed by atoms with Gasteiger partial charge in [0.05, 0.1) is 0 Å². The van der Waals surface area contributed by atoms with Crippen LogP contribution in [0, 0.1) is 0 Å². The minimum Gasteiger partial charge on any atom is -0.480 e. The first-order chi connectivity index (χ1) is 16.9. The number of hydrogen-bond donors (Lipinski definition) is 3. The van der Waals surface area contributed by atoms with Crippen molar-refractivity contribution in [1.29, 1.82) is 0 Å². The molecular weight excluding hydrogens is 444 g/mol. The minimum absolute atomic E-state index is 0.100. The molecule has 0 heterocycles. The predicted molar refractivity (Wildman–Crippen MR) is 132 cm³/mol. The van der Waals surface area contributed by atoms with Gasteiger partial charge in [-0.15, -0.1) is 0 Å². The van der Waals surface area contributed by atoms with Gasteiger partial charge in [0.25, 0.3) is 0 Å². The van der Waals surface area contributed by atoms with E-state index in [4.69, 9.17) is 9.84 Å². The smallest absolute Gasteiger partial charge is 0.407 e. The van der Waals surface area contributed by atoms with E-state index in [2.05, 4.69) is 22.8 Å². The zero-order valence-corrected chi connectivity index (χ0v) is 19.4. The van der Waals surface area contributed by atoms with Crippen molar-refractivity contribution in [3.8, 4) is 11.1 Å². The van der Waals surface area contributed by atoms with Gasteiger partial charge in [-0.1, -0.05) is 78.9 Å². The van der Waals surface area contributed by atoms with Crippen molar-refractivity contribution in [2.24, 2.45) is 0 Å². The number of benzene rings is 3. The largest absolute Gasteiger partial charge is 0.480 e. The van der Waals surface area contributed by atoms with E-state index in [1.54, 1.807) is 0 Å². The summed E-state index contributed by atoms with van der Waals surface area (Å²) in [7, 11) is 0. The van der Waals surface area contributed by atoms with E-state index in [-0.39, 0.29) is 12.5 Å². The second-order valence-corrected chi connectivity index (χ2v) is 8.62. The molecule has 4 rings (SSSR count). The maximum atomic E-state index is 12.8. The normalized spacial score (nSPS) is 13.7. The summed E-state index contributed by atoms with van der Waals surface area (Å²) < 4.78 is 5.58. The SMILES string of the molecule is C[C@H](NC(=O)[C@H](CCc1ccccc1)NC(=O)OCC1c2ccccc2-c2ccccc21)C(=O)O. The standard InChI is InChI=1S/C28H28N2O5/c1-18(27(32)33)29-26(31)25(16-15-19-9-3-2-4-10-19)30-28(34)35-17-24-22-13-7-5-11-20(22)21-12-6-8-14-23(21)24/h2-14,18,24-25H,15-17H2,1H3,(H,29,31)(H,30,34)(H,32,33)/t18-,25-/m0/s1. The van der Waals surface area contributed by atoms with Gasteiger partial charge in [0.2, 0.25) is 5.91 Å². The topological polar surface area (TPSA) is 105 Å². The number of amides is 2. The van der Waals surface area contributed by atoms with Gasteiger partial charge < -0.3 is 20.5 Å². The second kappa shape index (κ2) is 10.9. The molecule has 0 fully saturated rings. The molecule has 1 aliphatic rings. The molecule has 0 aliphatic heterocycles. The lowest BCUT2D eigenvalue weighted by Crippen LogP contribution is -2.51. The Hall–Kier alpha value is -4.13. The maximum Gasteiger partial charge on any atom is 0.407 e. The third-order valence-electron chi connectivity index (χ3n) is 6.25. The molecule has 0 spiro atoms. The monoisotopic (exact) mass is 472 g/mol. The number of carbonyl (C=O) groups excluding carboxylic acids is 2. The molecule has 0 bridgehead atoms. The highest BCUT2D eigenvalue weighted by atomic mass is 16.5. The van der Waals surface area contributed by atoms with Gasteiger partial charge in [-0.3, -0.25) is 9.59 Å². The molecule has 3 N–H and O–H groups in total. The Bertz CT molecular complexity index is 1170. The van der Waals surface area contributed by atoms with Crippen molar-refractivity contribution in [2.45, 2.75) is 37.8 Å². The molecule has 3 aromatic carbocycles. The van der Waals surface area contributed by atoms with Crippen LogP contribution in [0.5, 0.6) is 0 Å². The van der Waals surface area contributed by atoms with Crippen LogP contribution in [-0.2, 0) is 20.7 Å². The maximum absolute atomic E-state index is 12.8. The highest BCUT2D eigenvalue weighted by Gasteiger charge is 2.30. The Labute approximate surface area is 204 Å². The van der Waals surface area contributed by atoms with E-state index in [1.807, 2.05) is 66.7 Å². The van der Waals surface area contributed by atoms with Gasteiger partial charge in [0.15, 0.2) is 0 Å². The summed E-state index contributed by atoms with van der Waals surface area (Å²) in [4.78, 5) is 36.7. The van der Waals surface area contributed by atoms with Crippen molar-refractivity contribution in [2.75, 3.05) is 6.61 Å². The van der Waals surface area contributed by atoms with Gasteiger partial charge in [0, 0.05) is 5.92 Å². The molecule has 7 nitrogen and oxygen atoms in total. The Morgan fingerprint density at radius 2 is 1.43 bits per heavy atom. The molecule has 0 unspecified atom stereocenters. The first-order valence-electron chi connectivity index (χ1n) is 11.6. The summed E-state index contributed by atoms with van der Waals surface area (Å²) >= 11 is 0. The Balaban J connectivity index is 1.42. The summed E-state index contributed by atoms with van der Waals surface area (Å²) in [6, 6.07) is 23.6. The lowest BCUT2D eigenvalue weighted by atomic mass is 9.98. The molecule has 1 aliphatic carbocycles. The van der Waals surface area contributed by atoms with Crippen LogP contribution in [0.2, 0.25) is 0 Å².